The largest absolute Gasteiger partial charge is 0.491 e. The first kappa shape index (κ1) is 22.7. The fourth-order valence-electron chi connectivity index (χ4n) is 3.86. The van der Waals surface area contributed by atoms with Crippen LogP contribution in [0.4, 0.5) is 22.2 Å². The summed E-state index contributed by atoms with van der Waals surface area (Å²) in [6.07, 6.45) is 5.09. The Morgan fingerprint density at radius 1 is 1.24 bits per heavy atom. The van der Waals surface area contributed by atoms with Gasteiger partial charge in [0.2, 0.25) is 0 Å². The Morgan fingerprint density at radius 3 is 2.82 bits per heavy atom. The fourth-order valence-corrected chi connectivity index (χ4v) is 3.86. The molecule has 0 spiro atoms. The van der Waals surface area contributed by atoms with Gasteiger partial charge in [-0.3, -0.25) is 4.90 Å². The molecule has 0 aliphatic carbocycles. The Bertz CT molecular complexity index is 1120. The summed E-state index contributed by atoms with van der Waals surface area (Å²) in [4.78, 5) is 18.4. The average Bonchev–Trinajstić information content (AvgIpc) is 3.42. The highest BCUT2D eigenvalue weighted by Gasteiger charge is 2.23. The van der Waals surface area contributed by atoms with Crippen LogP contribution < -0.4 is 20.3 Å². The summed E-state index contributed by atoms with van der Waals surface area (Å²) in [6.45, 7) is 9.45. The lowest BCUT2D eigenvalue weighted by Gasteiger charge is -2.18. The number of carbonyl (C=O) groups is 1. The molecule has 0 radical (unpaired) electrons. The van der Waals surface area contributed by atoms with Crippen molar-refractivity contribution in [2.24, 2.45) is 0 Å². The highest BCUT2D eigenvalue weighted by molar-refractivity contribution is 5.95. The van der Waals surface area contributed by atoms with Gasteiger partial charge in [0.05, 0.1) is 12.3 Å². The number of nitrogens with one attached hydrogen (secondary N) is 2. The highest BCUT2D eigenvalue weighted by Crippen LogP contribution is 2.33. The number of aromatic nitrogens is 1. The minimum absolute atomic E-state index is 0.00965. The molecule has 2 N–H and O–H groups in total. The molecule has 1 fully saturated rings. The van der Waals surface area contributed by atoms with E-state index in [1.165, 1.54) is 12.0 Å². The van der Waals surface area contributed by atoms with Crippen LogP contribution in [0.5, 0.6) is 5.75 Å². The number of urea groups is 1. The summed E-state index contributed by atoms with van der Waals surface area (Å²) in [5.41, 5.74) is 4.98. The Kier molecular flexibility index (Phi) is 6.87. The number of anilines is 3. The van der Waals surface area contributed by atoms with Gasteiger partial charge in [0.25, 0.3) is 6.01 Å². The molecular weight excluding hydrogens is 416 g/mol. The van der Waals surface area contributed by atoms with Crippen molar-refractivity contribution in [3.8, 4) is 17.1 Å². The molecule has 0 atom stereocenters. The highest BCUT2D eigenvalue weighted by atomic mass is 16.5. The third-order valence-electron chi connectivity index (χ3n) is 5.58. The van der Waals surface area contributed by atoms with Gasteiger partial charge in [0.15, 0.2) is 5.76 Å². The third-order valence-corrected chi connectivity index (χ3v) is 5.58. The summed E-state index contributed by atoms with van der Waals surface area (Å²) in [5.74, 6) is 1.29. The molecular formula is C26H32N4O3. The van der Waals surface area contributed by atoms with E-state index in [0.29, 0.717) is 30.6 Å². The molecule has 33 heavy (non-hydrogen) atoms. The van der Waals surface area contributed by atoms with Gasteiger partial charge < -0.3 is 19.8 Å². The van der Waals surface area contributed by atoms with Crippen LogP contribution in [0.1, 0.15) is 44.7 Å². The van der Waals surface area contributed by atoms with Gasteiger partial charge in [-0.05, 0) is 62.9 Å². The molecule has 2 heterocycles. The Hall–Kier alpha value is -3.48. The number of nitrogens with zero attached hydrogens (tertiary/aromatic N) is 2. The molecule has 1 aromatic heterocycles. The number of benzene rings is 2. The standard InChI is InChI=1S/C26H32N4O3/c1-5-6-7-19-9-8-18(4)23(12-19)29-25-28-16-24(33-25)20-13-21(30-11-10-27-26(30)31)15-22(14-20)32-17(2)3/h8-9,12-17H,5-7,10-11H2,1-4H3,(H,27,31)(H,28,29). The maximum Gasteiger partial charge on any atom is 0.321 e. The van der Waals surface area contributed by atoms with Gasteiger partial charge in [0.1, 0.15) is 5.75 Å². The lowest BCUT2D eigenvalue weighted by molar-refractivity contribution is 0.242. The molecule has 7 heteroatoms. The third kappa shape index (κ3) is 5.48. The normalized spacial score (nSPS) is 13.5. The van der Waals surface area contributed by atoms with Crippen LogP contribution in [-0.4, -0.2) is 30.2 Å². The van der Waals surface area contributed by atoms with E-state index in [2.05, 4.69) is 47.7 Å². The number of aryl methyl sites for hydroxylation is 2. The molecule has 3 aromatic rings. The van der Waals surface area contributed by atoms with Crippen molar-refractivity contribution in [2.75, 3.05) is 23.3 Å². The van der Waals surface area contributed by atoms with Crippen molar-refractivity contribution in [1.29, 1.82) is 0 Å². The quantitative estimate of drug-likeness (QED) is 0.416. The fraction of sp³-hybridized carbons (Fsp3) is 0.385. The smallest absolute Gasteiger partial charge is 0.321 e. The first-order valence-electron chi connectivity index (χ1n) is 11.6. The molecule has 7 nitrogen and oxygen atoms in total. The molecule has 174 valence electrons. The van der Waals surface area contributed by atoms with E-state index in [1.54, 1.807) is 11.1 Å². The average molecular weight is 449 g/mol. The van der Waals surface area contributed by atoms with Gasteiger partial charge in [-0.1, -0.05) is 25.5 Å². The number of hydrogen-bond acceptors (Lipinski definition) is 5. The summed E-state index contributed by atoms with van der Waals surface area (Å²) >= 11 is 0. The summed E-state index contributed by atoms with van der Waals surface area (Å²) in [5, 5.41) is 6.16. The maximum atomic E-state index is 12.2. The zero-order chi connectivity index (χ0) is 23.4. The van der Waals surface area contributed by atoms with Crippen LogP contribution in [0.15, 0.2) is 47.0 Å². The van der Waals surface area contributed by atoms with Crippen LogP contribution in [0, 0.1) is 6.92 Å². The number of amides is 2. The van der Waals surface area contributed by atoms with Crippen molar-refractivity contribution >= 4 is 23.4 Å². The van der Waals surface area contributed by atoms with Crippen molar-refractivity contribution < 1.29 is 13.9 Å². The van der Waals surface area contributed by atoms with Crippen LogP contribution >= 0.6 is 0 Å². The molecule has 2 amide bonds. The van der Waals surface area contributed by atoms with Crippen molar-refractivity contribution in [1.82, 2.24) is 10.3 Å². The zero-order valence-electron chi connectivity index (χ0n) is 19.8. The number of ether oxygens (including phenoxy) is 1. The minimum Gasteiger partial charge on any atom is -0.491 e. The molecule has 1 saturated heterocycles. The van der Waals surface area contributed by atoms with Gasteiger partial charge in [-0.2, -0.15) is 0 Å². The van der Waals surface area contributed by atoms with Crippen molar-refractivity contribution in [3.63, 3.8) is 0 Å². The second kappa shape index (κ2) is 9.98. The van der Waals surface area contributed by atoms with Crippen LogP contribution in [0.25, 0.3) is 11.3 Å². The Balaban J connectivity index is 1.60. The zero-order valence-corrected chi connectivity index (χ0v) is 19.8. The van der Waals surface area contributed by atoms with Gasteiger partial charge in [-0.15, -0.1) is 0 Å². The van der Waals surface area contributed by atoms with E-state index in [-0.39, 0.29) is 12.1 Å². The second-order valence-corrected chi connectivity index (χ2v) is 8.67. The monoisotopic (exact) mass is 448 g/mol. The first-order valence-corrected chi connectivity index (χ1v) is 11.6. The number of unbranched alkanes of at least 4 members (excludes halogenated alkanes) is 1. The maximum absolute atomic E-state index is 12.2. The molecule has 1 aliphatic rings. The number of carbonyl (C=O) groups excluding carboxylic acids is 1. The first-order chi connectivity index (χ1) is 15.9. The lowest BCUT2D eigenvalue weighted by atomic mass is 10.1. The molecule has 1 aliphatic heterocycles. The molecule has 0 bridgehead atoms. The van der Waals surface area contributed by atoms with E-state index < -0.39 is 0 Å². The van der Waals surface area contributed by atoms with Crippen molar-refractivity contribution in [2.45, 2.75) is 53.1 Å². The van der Waals surface area contributed by atoms with Gasteiger partial charge >= 0.3 is 6.03 Å². The molecule has 0 saturated carbocycles. The van der Waals surface area contributed by atoms with Gasteiger partial charge in [0, 0.05) is 36.1 Å². The Morgan fingerprint density at radius 2 is 2.09 bits per heavy atom. The SMILES string of the molecule is CCCCc1ccc(C)c(Nc2ncc(-c3cc(OC(C)C)cc(N4CCNC4=O)c3)o2)c1. The molecule has 4 rings (SSSR count). The molecule has 0 unspecified atom stereocenters. The predicted octanol–water partition coefficient (Wildman–Crippen LogP) is 6.05. The van der Waals surface area contributed by atoms with E-state index in [9.17, 15) is 4.79 Å². The molecule has 2 aromatic carbocycles. The predicted molar refractivity (Wildman–Crippen MR) is 132 cm³/mol. The van der Waals surface area contributed by atoms with Crippen LogP contribution in [0.2, 0.25) is 0 Å². The van der Waals surface area contributed by atoms with E-state index in [4.69, 9.17) is 9.15 Å². The van der Waals surface area contributed by atoms with Crippen molar-refractivity contribution in [3.05, 3.63) is 53.7 Å². The van der Waals surface area contributed by atoms with Crippen LogP contribution in [0.3, 0.4) is 0 Å². The Labute approximate surface area is 195 Å². The minimum atomic E-state index is -0.110. The number of oxazole rings is 1. The van der Waals surface area contributed by atoms with E-state index >= 15 is 0 Å². The number of hydrogen-bond donors (Lipinski definition) is 2. The summed E-state index contributed by atoms with van der Waals surface area (Å²) in [7, 11) is 0. The topological polar surface area (TPSA) is 79.6 Å². The van der Waals surface area contributed by atoms with Gasteiger partial charge in [-0.25, -0.2) is 9.78 Å². The summed E-state index contributed by atoms with van der Waals surface area (Å²) in [6, 6.07) is 12.5. The summed E-state index contributed by atoms with van der Waals surface area (Å²) < 4.78 is 12.0. The lowest BCUT2D eigenvalue weighted by Crippen LogP contribution is -2.27. The van der Waals surface area contributed by atoms with E-state index in [1.807, 2.05) is 32.0 Å². The van der Waals surface area contributed by atoms with E-state index in [0.717, 1.165) is 35.3 Å². The second-order valence-electron chi connectivity index (χ2n) is 8.67. The van der Waals surface area contributed by atoms with Crippen LogP contribution in [-0.2, 0) is 6.42 Å². The number of rotatable bonds is 9.